The monoisotopic (exact) mass is 310 g/mol. The van der Waals surface area contributed by atoms with E-state index >= 15 is 0 Å². The Morgan fingerprint density at radius 2 is 1.94 bits per heavy atom. The highest BCUT2D eigenvalue weighted by molar-refractivity contribution is 9.10. The lowest BCUT2D eigenvalue weighted by atomic mass is 10.1. The van der Waals surface area contributed by atoms with Crippen molar-refractivity contribution in [2.75, 3.05) is 32.7 Å². The number of hydrogen-bond donors (Lipinski definition) is 0. The Morgan fingerprint density at radius 1 is 1.28 bits per heavy atom. The molecule has 1 saturated heterocycles. The summed E-state index contributed by atoms with van der Waals surface area (Å²) in [7, 11) is 0. The summed E-state index contributed by atoms with van der Waals surface area (Å²) in [6.07, 6.45) is 0. The Balaban J connectivity index is 2.05. The molecule has 0 N–H and O–H groups in total. The number of benzene rings is 1. The van der Waals surface area contributed by atoms with Crippen LogP contribution in [0.4, 0.5) is 0 Å². The Bertz CT molecular complexity index is 439. The van der Waals surface area contributed by atoms with Gasteiger partial charge in [0, 0.05) is 36.2 Å². The van der Waals surface area contributed by atoms with Crippen molar-refractivity contribution in [2.45, 2.75) is 13.8 Å². The molecule has 1 aromatic rings. The van der Waals surface area contributed by atoms with Crippen molar-refractivity contribution in [2.24, 2.45) is 0 Å². The SMILES string of the molecule is CCN1CCN(C(=O)c2ccc(Br)c(C)c2)CC1. The van der Waals surface area contributed by atoms with Crippen molar-refractivity contribution >= 4 is 21.8 Å². The molecule has 0 aliphatic carbocycles. The normalized spacial score (nSPS) is 16.9. The first-order chi connectivity index (χ1) is 8.61. The molecule has 1 amide bonds. The van der Waals surface area contributed by atoms with E-state index in [-0.39, 0.29) is 5.91 Å². The van der Waals surface area contributed by atoms with Crippen LogP contribution < -0.4 is 0 Å². The van der Waals surface area contributed by atoms with Gasteiger partial charge in [0.05, 0.1) is 0 Å². The van der Waals surface area contributed by atoms with Crippen molar-refractivity contribution in [3.8, 4) is 0 Å². The molecule has 1 heterocycles. The first-order valence-electron chi connectivity index (χ1n) is 6.39. The quantitative estimate of drug-likeness (QED) is 0.838. The summed E-state index contributed by atoms with van der Waals surface area (Å²) < 4.78 is 1.05. The highest BCUT2D eigenvalue weighted by atomic mass is 79.9. The average Bonchev–Trinajstić information content (AvgIpc) is 2.41. The molecular formula is C14H19BrN2O. The average molecular weight is 311 g/mol. The van der Waals surface area contributed by atoms with E-state index in [9.17, 15) is 4.79 Å². The van der Waals surface area contributed by atoms with E-state index in [0.717, 1.165) is 48.3 Å². The molecule has 0 aromatic heterocycles. The molecule has 0 unspecified atom stereocenters. The second kappa shape index (κ2) is 5.85. The summed E-state index contributed by atoms with van der Waals surface area (Å²) >= 11 is 3.46. The van der Waals surface area contributed by atoms with Gasteiger partial charge < -0.3 is 9.80 Å². The summed E-state index contributed by atoms with van der Waals surface area (Å²) in [6.45, 7) is 8.88. The third-order valence-electron chi connectivity index (χ3n) is 3.51. The van der Waals surface area contributed by atoms with E-state index in [1.165, 1.54) is 0 Å². The smallest absolute Gasteiger partial charge is 0.253 e. The molecule has 18 heavy (non-hydrogen) atoms. The van der Waals surface area contributed by atoms with Crippen molar-refractivity contribution in [1.29, 1.82) is 0 Å². The summed E-state index contributed by atoms with van der Waals surface area (Å²) in [5.41, 5.74) is 1.90. The number of halogens is 1. The number of carbonyl (C=O) groups is 1. The van der Waals surface area contributed by atoms with Gasteiger partial charge in [0.2, 0.25) is 0 Å². The van der Waals surface area contributed by atoms with Gasteiger partial charge >= 0.3 is 0 Å². The molecule has 0 saturated carbocycles. The van der Waals surface area contributed by atoms with Crippen LogP contribution in [0.25, 0.3) is 0 Å². The second-order valence-electron chi connectivity index (χ2n) is 4.69. The Labute approximate surface area is 117 Å². The maximum Gasteiger partial charge on any atom is 0.253 e. The molecule has 0 atom stereocenters. The topological polar surface area (TPSA) is 23.6 Å². The summed E-state index contributed by atoms with van der Waals surface area (Å²) in [5, 5.41) is 0. The van der Waals surface area contributed by atoms with E-state index < -0.39 is 0 Å². The van der Waals surface area contributed by atoms with Gasteiger partial charge in [-0.25, -0.2) is 0 Å². The maximum atomic E-state index is 12.4. The molecule has 2 rings (SSSR count). The number of carbonyl (C=O) groups excluding carboxylic acids is 1. The fraction of sp³-hybridized carbons (Fsp3) is 0.500. The minimum atomic E-state index is 0.154. The molecule has 1 aliphatic heterocycles. The number of piperazine rings is 1. The lowest BCUT2D eigenvalue weighted by molar-refractivity contribution is 0.0643. The van der Waals surface area contributed by atoms with Gasteiger partial charge in [0.1, 0.15) is 0 Å². The van der Waals surface area contributed by atoms with Gasteiger partial charge in [-0.05, 0) is 37.2 Å². The van der Waals surface area contributed by atoms with Crippen LogP contribution in [0.1, 0.15) is 22.8 Å². The Kier molecular flexibility index (Phi) is 4.40. The fourth-order valence-corrected chi connectivity index (χ4v) is 2.47. The number of likely N-dealkylation sites (N-methyl/N-ethyl adjacent to an activating group) is 1. The fourth-order valence-electron chi connectivity index (χ4n) is 2.23. The molecular weight excluding hydrogens is 292 g/mol. The number of hydrogen-bond acceptors (Lipinski definition) is 2. The predicted octanol–water partition coefficient (Wildman–Crippen LogP) is 2.54. The van der Waals surface area contributed by atoms with Gasteiger partial charge in [0.15, 0.2) is 0 Å². The predicted molar refractivity (Wildman–Crippen MR) is 76.9 cm³/mol. The summed E-state index contributed by atoms with van der Waals surface area (Å²) in [6, 6.07) is 5.80. The molecule has 0 radical (unpaired) electrons. The van der Waals surface area contributed by atoms with Gasteiger partial charge in [-0.15, -0.1) is 0 Å². The van der Waals surface area contributed by atoms with Crippen molar-refractivity contribution in [3.05, 3.63) is 33.8 Å². The summed E-state index contributed by atoms with van der Waals surface area (Å²) in [5.74, 6) is 0.154. The third-order valence-corrected chi connectivity index (χ3v) is 4.40. The van der Waals surface area contributed by atoms with Crippen molar-refractivity contribution in [3.63, 3.8) is 0 Å². The lowest BCUT2D eigenvalue weighted by Gasteiger charge is -2.34. The van der Waals surface area contributed by atoms with E-state index in [1.54, 1.807) is 0 Å². The van der Waals surface area contributed by atoms with Crippen LogP contribution in [0.2, 0.25) is 0 Å². The Morgan fingerprint density at radius 3 is 2.50 bits per heavy atom. The summed E-state index contributed by atoms with van der Waals surface area (Å²) in [4.78, 5) is 16.7. The van der Waals surface area contributed by atoms with Crippen molar-refractivity contribution < 1.29 is 4.79 Å². The van der Waals surface area contributed by atoms with Crippen LogP contribution in [0.15, 0.2) is 22.7 Å². The molecule has 3 nitrogen and oxygen atoms in total. The maximum absolute atomic E-state index is 12.4. The van der Waals surface area contributed by atoms with E-state index in [1.807, 2.05) is 30.0 Å². The van der Waals surface area contributed by atoms with Crippen LogP contribution in [-0.2, 0) is 0 Å². The van der Waals surface area contributed by atoms with Crippen LogP contribution in [0.5, 0.6) is 0 Å². The molecule has 0 spiro atoms. The van der Waals surface area contributed by atoms with Gasteiger partial charge in [-0.2, -0.15) is 0 Å². The van der Waals surface area contributed by atoms with Crippen LogP contribution in [-0.4, -0.2) is 48.4 Å². The minimum absolute atomic E-state index is 0.154. The zero-order chi connectivity index (χ0) is 13.1. The first-order valence-corrected chi connectivity index (χ1v) is 7.19. The molecule has 98 valence electrons. The first kappa shape index (κ1) is 13.6. The van der Waals surface area contributed by atoms with E-state index in [4.69, 9.17) is 0 Å². The number of nitrogens with zero attached hydrogens (tertiary/aromatic N) is 2. The number of rotatable bonds is 2. The molecule has 4 heteroatoms. The minimum Gasteiger partial charge on any atom is -0.336 e. The molecule has 1 aliphatic rings. The molecule has 0 bridgehead atoms. The van der Waals surface area contributed by atoms with Gasteiger partial charge in [-0.1, -0.05) is 22.9 Å². The largest absolute Gasteiger partial charge is 0.336 e. The molecule has 1 fully saturated rings. The number of amides is 1. The number of aryl methyl sites for hydroxylation is 1. The van der Waals surface area contributed by atoms with Crippen LogP contribution >= 0.6 is 15.9 Å². The van der Waals surface area contributed by atoms with Gasteiger partial charge in [0.25, 0.3) is 5.91 Å². The highest BCUT2D eigenvalue weighted by Crippen LogP contribution is 2.18. The zero-order valence-electron chi connectivity index (χ0n) is 10.9. The van der Waals surface area contributed by atoms with Crippen LogP contribution in [0, 0.1) is 6.92 Å². The van der Waals surface area contributed by atoms with E-state index in [0.29, 0.717) is 0 Å². The zero-order valence-corrected chi connectivity index (χ0v) is 12.5. The van der Waals surface area contributed by atoms with Gasteiger partial charge in [-0.3, -0.25) is 4.79 Å². The lowest BCUT2D eigenvalue weighted by Crippen LogP contribution is -2.48. The van der Waals surface area contributed by atoms with Crippen molar-refractivity contribution in [1.82, 2.24) is 9.80 Å². The standard InChI is InChI=1S/C14H19BrN2O/c1-3-16-6-8-17(9-7-16)14(18)12-4-5-13(15)11(2)10-12/h4-5,10H,3,6-9H2,1-2H3. The Hall–Kier alpha value is -0.870. The highest BCUT2D eigenvalue weighted by Gasteiger charge is 2.21. The third kappa shape index (κ3) is 2.93. The van der Waals surface area contributed by atoms with Crippen LogP contribution in [0.3, 0.4) is 0 Å². The van der Waals surface area contributed by atoms with E-state index in [2.05, 4.69) is 27.8 Å². The molecule has 1 aromatic carbocycles. The second-order valence-corrected chi connectivity index (χ2v) is 5.54.